The minimum Gasteiger partial charge on any atom is -0.462 e. The standard InChI is InChI=1S/C43H48ClN7O2/c1-3-31-12-5-6-13-32(31)14-7-8-23-48-24-11-17-35(48)30-53-43-46-38-29-49(39-19-10-16-33-15-9-18-37(44)41(33)39)25-21-36(38)42(47-43)50-26-27-51(40(52)4-2)34(28-50)20-22-45/h3-6,9-10,12-13,15-16,18-19,34-35H,1-2,7-8,11,14,17,20-21,23-30H2/t34-,35-/m0/s1. The van der Waals surface area contributed by atoms with Crippen molar-refractivity contribution in [1.29, 1.82) is 5.26 Å². The summed E-state index contributed by atoms with van der Waals surface area (Å²) in [5.74, 6) is 0.697. The van der Waals surface area contributed by atoms with Crippen molar-refractivity contribution in [3.8, 4) is 12.1 Å². The Balaban J connectivity index is 1.10. The van der Waals surface area contributed by atoms with E-state index >= 15 is 0 Å². The first-order valence-electron chi connectivity index (χ1n) is 18.9. The lowest BCUT2D eigenvalue weighted by Crippen LogP contribution is -2.55. The van der Waals surface area contributed by atoms with Gasteiger partial charge in [0.1, 0.15) is 12.4 Å². The number of aromatic nitrogens is 2. The maximum Gasteiger partial charge on any atom is 0.318 e. The molecule has 4 heterocycles. The number of anilines is 2. The summed E-state index contributed by atoms with van der Waals surface area (Å²) in [6.45, 7) is 13.3. The Hall–Kier alpha value is -4.91. The molecule has 3 aliphatic rings. The molecule has 0 spiro atoms. The number of hydrogen-bond acceptors (Lipinski definition) is 8. The zero-order valence-corrected chi connectivity index (χ0v) is 31.2. The number of halogens is 1. The number of piperazine rings is 1. The Bertz CT molecular complexity index is 2010. The third-order valence-corrected chi connectivity index (χ3v) is 11.4. The van der Waals surface area contributed by atoms with E-state index in [9.17, 15) is 10.1 Å². The first kappa shape index (κ1) is 36.4. The van der Waals surface area contributed by atoms with Crippen LogP contribution in [0.2, 0.25) is 5.02 Å². The summed E-state index contributed by atoms with van der Waals surface area (Å²) in [4.78, 5) is 31.8. The van der Waals surface area contributed by atoms with Gasteiger partial charge in [0.15, 0.2) is 0 Å². The zero-order chi connectivity index (χ0) is 36.7. The van der Waals surface area contributed by atoms with Gasteiger partial charge in [-0.05, 0) is 86.3 Å². The third-order valence-electron chi connectivity index (χ3n) is 11.1. The van der Waals surface area contributed by atoms with E-state index in [4.69, 9.17) is 26.3 Å². The maximum atomic E-state index is 12.7. The van der Waals surface area contributed by atoms with Gasteiger partial charge in [-0.2, -0.15) is 15.2 Å². The smallest absolute Gasteiger partial charge is 0.318 e. The van der Waals surface area contributed by atoms with Gasteiger partial charge in [-0.15, -0.1) is 0 Å². The predicted molar refractivity (Wildman–Crippen MR) is 213 cm³/mol. The second-order valence-corrected chi connectivity index (χ2v) is 14.6. The summed E-state index contributed by atoms with van der Waals surface area (Å²) in [5, 5.41) is 12.5. The van der Waals surface area contributed by atoms with Gasteiger partial charge in [0.25, 0.3) is 0 Å². The molecule has 9 nitrogen and oxygen atoms in total. The number of nitriles is 1. The van der Waals surface area contributed by atoms with E-state index in [2.05, 4.69) is 82.5 Å². The molecular weight excluding hydrogens is 682 g/mol. The molecule has 3 aliphatic heterocycles. The average Bonchev–Trinajstić information content (AvgIpc) is 3.65. The highest BCUT2D eigenvalue weighted by atomic mass is 35.5. The largest absolute Gasteiger partial charge is 0.462 e. The Morgan fingerprint density at radius 1 is 0.981 bits per heavy atom. The van der Waals surface area contributed by atoms with Crippen molar-refractivity contribution < 1.29 is 9.53 Å². The van der Waals surface area contributed by atoms with E-state index in [1.807, 2.05) is 18.2 Å². The average molecular weight is 730 g/mol. The van der Waals surface area contributed by atoms with Crippen LogP contribution in [0, 0.1) is 11.3 Å². The van der Waals surface area contributed by atoms with E-state index in [1.165, 1.54) is 17.2 Å². The topological polar surface area (TPSA) is 88.8 Å². The van der Waals surface area contributed by atoms with Crippen molar-refractivity contribution in [1.82, 2.24) is 19.8 Å². The lowest BCUT2D eigenvalue weighted by Gasteiger charge is -2.42. The van der Waals surface area contributed by atoms with Crippen LogP contribution in [0.25, 0.3) is 16.8 Å². The number of ether oxygens (including phenoxy) is 1. The highest BCUT2D eigenvalue weighted by molar-refractivity contribution is 6.36. The van der Waals surface area contributed by atoms with Crippen molar-refractivity contribution >= 4 is 45.9 Å². The van der Waals surface area contributed by atoms with E-state index in [0.717, 1.165) is 96.7 Å². The van der Waals surface area contributed by atoms with Gasteiger partial charge in [0, 0.05) is 48.9 Å². The lowest BCUT2D eigenvalue weighted by atomic mass is 10.0. The fraction of sp³-hybridized carbons (Fsp3) is 0.395. The summed E-state index contributed by atoms with van der Waals surface area (Å²) in [5.41, 5.74) is 5.70. The van der Waals surface area contributed by atoms with E-state index in [-0.39, 0.29) is 18.4 Å². The van der Waals surface area contributed by atoms with E-state index in [0.29, 0.717) is 44.8 Å². The van der Waals surface area contributed by atoms with Crippen LogP contribution in [0.4, 0.5) is 11.5 Å². The van der Waals surface area contributed by atoms with Crippen molar-refractivity contribution in [2.75, 3.05) is 55.7 Å². The Morgan fingerprint density at radius 3 is 2.66 bits per heavy atom. The highest BCUT2D eigenvalue weighted by Gasteiger charge is 2.34. The number of fused-ring (bicyclic) bond motifs is 2. The minimum atomic E-state index is -0.260. The number of hydrogen-bond donors (Lipinski definition) is 0. The monoisotopic (exact) mass is 729 g/mol. The molecule has 1 aromatic heterocycles. The van der Waals surface area contributed by atoms with E-state index in [1.54, 1.807) is 4.90 Å². The van der Waals surface area contributed by atoms with Crippen LogP contribution in [0.1, 0.15) is 54.5 Å². The number of aryl methyl sites for hydroxylation is 1. The van der Waals surface area contributed by atoms with Crippen molar-refractivity contribution in [3.05, 3.63) is 107 Å². The van der Waals surface area contributed by atoms with Gasteiger partial charge in [0.05, 0.1) is 35.8 Å². The molecule has 10 heteroatoms. The number of nitrogens with zero attached hydrogens (tertiary/aromatic N) is 7. The molecule has 1 amide bonds. The summed E-state index contributed by atoms with van der Waals surface area (Å²) in [6.07, 6.45) is 9.80. The number of amides is 1. The van der Waals surface area contributed by atoms with Crippen molar-refractivity contribution in [3.63, 3.8) is 0 Å². The first-order chi connectivity index (χ1) is 26.0. The molecule has 0 bridgehead atoms. The molecule has 3 aromatic carbocycles. The highest BCUT2D eigenvalue weighted by Crippen LogP contribution is 2.37. The van der Waals surface area contributed by atoms with Crippen LogP contribution in [0.3, 0.4) is 0 Å². The SMILES string of the molecule is C=CC(=O)N1CCN(c2nc(OC[C@@H]3CCCN3CCCCc3ccccc3C=C)nc3c2CCN(c2cccc4cccc(Cl)c24)C3)C[C@@H]1CC#N. The van der Waals surface area contributed by atoms with Crippen LogP contribution in [0.5, 0.6) is 6.01 Å². The number of unbranched alkanes of at least 4 members (excludes halogenated alkanes) is 1. The van der Waals surface area contributed by atoms with Gasteiger partial charge in [0.2, 0.25) is 5.91 Å². The van der Waals surface area contributed by atoms with Crippen LogP contribution in [0.15, 0.2) is 79.9 Å². The number of carbonyl (C=O) groups is 1. The van der Waals surface area contributed by atoms with Crippen molar-refractivity contribution in [2.24, 2.45) is 0 Å². The molecule has 2 saturated heterocycles. The van der Waals surface area contributed by atoms with Crippen molar-refractivity contribution in [2.45, 2.75) is 63.6 Å². The van der Waals surface area contributed by atoms with Crippen LogP contribution in [-0.4, -0.2) is 83.6 Å². The van der Waals surface area contributed by atoms with Gasteiger partial charge in [-0.1, -0.05) is 79.4 Å². The second-order valence-electron chi connectivity index (χ2n) is 14.2. The fourth-order valence-electron chi connectivity index (χ4n) is 8.34. The molecule has 0 radical (unpaired) electrons. The minimum absolute atomic E-state index is 0.147. The van der Waals surface area contributed by atoms with Gasteiger partial charge in [-0.25, -0.2) is 0 Å². The normalized spacial score (nSPS) is 18.8. The Kier molecular flexibility index (Phi) is 11.6. The van der Waals surface area contributed by atoms with Gasteiger partial charge in [-0.3, -0.25) is 9.69 Å². The number of likely N-dealkylation sites (tertiary alicyclic amines) is 1. The third kappa shape index (κ3) is 8.04. The summed E-state index contributed by atoms with van der Waals surface area (Å²) >= 11 is 6.77. The van der Waals surface area contributed by atoms with E-state index < -0.39 is 0 Å². The zero-order valence-electron chi connectivity index (χ0n) is 30.4. The summed E-state index contributed by atoms with van der Waals surface area (Å²) < 4.78 is 6.53. The predicted octanol–water partition coefficient (Wildman–Crippen LogP) is 7.47. The van der Waals surface area contributed by atoms with Gasteiger partial charge < -0.3 is 19.4 Å². The molecular formula is C43H48ClN7O2. The number of rotatable bonds is 13. The number of carbonyl (C=O) groups excluding carboxylic acids is 1. The first-order valence-corrected chi connectivity index (χ1v) is 19.3. The lowest BCUT2D eigenvalue weighted by molar-refractivity contribution is -0.128. The fourth-order valence-corrected chi connectivity index (χ4v) is 8.61. The Labute approximate surface area is 318 Å². The molecule has 4 aromatic rings. The molecule has 53 heavy (non-hydrogen) atoms. The van der Waals surface area contributed by atoms with Crippen LogP contribution in [-0.2, 0) is 24.2 Å². The molecule has 7 rings (SSSR count). The van der Waals surface area contributed by atoms with Crippen LogP contribution >= 0.6 is 11.6 Å². The van der Waals surface area contributed by atoms with Crippen LogP contribution < -0.4 is 14.5 Å². The molecule has 0 N–H and O–H groups in total. The maximum absolute atomic E-state index is 12.7. The Morgan fingerprint density at radius 2 is 1.83 bits per heavy atom. The quantitative estimate of drug-likeness (QED) is 0.104. The molecule has 2 fully saturated rings. The second kappa shape index (κ2) is 16.8. The molecule has 0 unspecified atom stereocenters. The molecule has 2 atom stereocenters. The summed E-state index contributed by atoms with van der Waals surface area (Å²) in [6, 6.07) is 23.6. The number of benzene rings is 3. The molecule has 0 saturated carbocycles. The van der Waals surface area contributed by atoms with Gasteiger partial charge >= 0.3 is 6.01 Å². The molecule has 0 aliphatic carbocycles. The summed E-state index contributed by atoms with van der Waals surface area (Å²) in [7, 11) is 0. The molecule has 274 valence electrons.